The number of anilines is 6. The molecule has 0 bridgehead atoms. The molecule has 526 valence electrons. The molecule has 3 aliphatic carbocycles. The number of para-hydroxylation sites is 2. The summed E-state index contributed by atoms with van der Waals surface area (Å²) in [6.07, 6.45) is 13.3. The third kappa shape index (κ3) is 13.7. The number of nitrogens with zero attached hydrogens (tertiary/aromatic N) is 2. The molecule has 8 heteroatoms. The number of allylic oxidation sites excluding steroid dienone is 4. The Morgan fingerprint density at radius 2 is 0.748 bits per heavy atom. The Morgan fingerprint density at radius 1 is 0.374 bits per heavy atom. The van der Waals surface area contributed by atoms with Crippen LogP contribution in [-0.4, -0.2) is 40.6 Å². The van der Waals surface area contributed by atoms with Gasteiger partial charge in [-0.1, -0.05) is 249 Å². The number of hydrogen-bond donors (Lipinski definition) is 0. The zero-order chi connectivity index (χ0) is 72.7. The molecule has 0 saturated carbocycles. The molecule has 13 aromatic rings. The number of methoxy groups -OCH3 is 2. The van der Waals surface area contributed by atoms with Crippen molar-refractivity contribution < 1.29 is 18.9 Å². The highest BCUT2D eigenvalue weighted by Gasteiger charge is 2.48. The quantitative estimate of drug-likeness (QED) is 0.0373. The Balaban J connectivity index is 0.750. The maximum absolute atomic E-state index is 6.31. The number of ether oxygens (including phenoxy) is 4. The van der Waals surface area contributed by atoms with E-state index in [2.05, 4.69) is 364 Å². The van der Waals surface area contributed by atoms with Crippen LogP contribution in [0, 0.1) is 5.41 Å². The Hall–Kier alpha value is -11.4. The van der Waals surface area contributed by atoms with Gasteiger partial charge in [0.2, 0.25) is 0 Å². The number of thioether (sulfide) groups is 1. The molecule has 0 amide bonds. The van der Waals surface area contributed by atoms with Crippen molar-refractivity contribution in [3.05, 3.63) is 408 Å². The Bertz CT molecular complexity index is 5370. The molecule has 0 aromatic heterocycles. The van der Waals surface area contributed by atoms with E-state index in [9.17, 15) is 0 Å². The van der Waals surface area contributed by atoms with Crippen molar-refractivity contribution in [3.8, 4) is 44.9 Å². The second-order valence-electron chi connectivity index (χ2n) is 27.8. The van der Waals surface area contributed by atoms with Gasteiger partial charge in [0.1, 0.15) is 11.5 Å². The molecule has 13 aromatic carbocycles. The molecule has 0 N–H and O–H groups in total. The van der Waals surface area contributed by atoms with Crippen LogP contribution in [0.3, 0.4) is 0 Å². The molecule has 0 fully saturated rings. The van der Waals surface area contributed by atoms with Crippen LogP contribution >= 0.6 is 23.5 Å². The standard InChI is InChI=1S/C99H84N2O4S2/c1-6-70-28-52-85(53-29-70)106-86-54-38-75(39-55-86)98(73-34-48-83(49-35-73)104-66-18-64-102-4)93-26-16-14-24-89(93)91-58-46-81(68-95(91)98)100(77-20-10-8-11-21-77)79-42-30-71(31-43-79)72-32-44-80(45-33-72)101(78-22-12-9-13-23-78)82-47-59-92-90-25-15-17-27-94(90)99(96(92)69-82,74-36-50-84(51-37-74)105-67-19-65-103-5)76-40-56-87(57-41-76)107-88-60-62-97(3,7-2)63-61-88/h6-17,20-62,68-69H,1-2,18-19,63-67H2,3-5H3. The van der Waals surface area contributed by atoms with Gasteiger partial charge in [-0.3, -0.25) is 0 Å². The smallest absolute Gasteiger partial charge is 0.119 e. The Labute approximate surface area is 638 Å². The molecule has 0 saturated heterocycles. The molecule has 16 rings (SSSR count). The lowest BCUT2D eigenvalue weighted by Gasteiger charge is -2.35. The van der Waals surface area contributed by atoms with Crippen molar-refractivity contribution in [2.24, 2.45) is 5.41 Å². The van der Waals surface area contributed by atoms with E-state index in [0.717, 1.165) is 87.1 Å². The van der Waals surface area contributed by atoms with Crippen LogP contribution in [0.15, 0.2) is 373 Å². The first-order chi connectivity index (χ1) is 52.7. The molecule has 0 heterocycles. The van der Waals surface area contributed by atoms with Gasteiger partial charge in [-0.2, -0.15) is 0 Å². The van der Waals surface area contributed by atoms with Crippen molar-refractivity contribution in [2.75, 3.05) is 50.4 Å². The summed E-state index contributed by atoms with van der Waals surface area (Å²) < 4.78 is 23.3. The summed E-state index contributed by atoms with van der Waals surface area (Å²) in [5, 5.41) is 0. The average molecular weight is 1430 g/mol. The second-order valence-corrected chi connectivity index (χ2v) is 30.1. The summed E-state index contributed by atoms with van der Waals surface area (Å²) in [5.74, 6) is 1.67. The fraction of sp³-hybridized carbons (Fsp3) is 0.131. The average Bonchev–Trinajstić information content (AvgIpc) is 1.52. The highest BCUT2D eigenvalue weighted by Crippen LogP contribution is 2.60. The van der Waals surface area contributed by atoms with E-state index in [1.165, 1.54) is 80.8 Å². The maximum atomic E-state index is 6.31. The monoisotopic (exact) mass is 1430 g/mol. The molecular formula is C99H84N2O4S2. The van der Waals surface area contributed by atoms with Gasteiger partial charge in [0.15, 0.2) is 0 Å². The Morgan fingerprint density at radius 3 is 1.15 bits per heavy atom. The van der Waals surface area contributed by atoms with Crippen LogP contribution in [0.5, 0.6) is 11.5 Å². The van der Waals surface area contributed by atoms with Gasteiger partial charge >= 0.3 is 0 Å². The number of rotatable bonds is 27. The fourth-order valence-electron chi connectivity index (χ4n) is 15.9. The molecule has 3 atom stereocenters. The first-order valence-corrected chi connectivity index (χ1v) is 38.5. The summed E-state index contributed by atoms with van der Waals surface area (Å²) >= 11 is 3.58. The van der Waals surface area contributed by atoms with Crippen molar-refractivity contribution in [1.29, 1.82) is 0 Å². The van der Waals surface area contributed by atoms with Crippen LogP contribution in [-0.2, 0) is 20.3 Å². The molecule has 107 heavy (non-hydrogen) atoms. The summed E-state index contributed by atoms with van der Waals surface area (Å²) in [5.41, 5.74) is 22.7. The molecular weight excluding hydrogens is 1350 g/mol. The van der Waals surface area contributed by atoms with Crippen molar-refractivity contribution in [3.63, 3.8) is 0 Å². The largest absolute Gasteiger partial charge is 0.494 e. The van der Waals surface area contributed by atoms with Crippen molar-refractivity contribution >= 4 is 63.7 Å². The SMILES string of the molecule is C=Cc1ccc(Sc2ccc(C3(c4ccc(OCCCOC)cc4)c4ccccc4-c4ccc(N(c5ccccc5)c5ccc(-c6ccc(N(c7ccccc7)c7ccc8c(c7)C(c7ccc(OCCCOC)cc7)(c7ccc(SC9=CCC(C)(C=C)C=C9)cc7)c7ccccc7-8)cc6)cc5)cc43)cc2)cc1. The van der Waals surface area contributed by atoms with Crippen LogP contribution in [0.25, 0.3) is 39.5 Å². The molecule has 3 unspecified atom stereocenters. The minimum Gasteiger partial charge on any atom is -0.494 e. The number of fused-ring (bicyclic) bond motifs is 6. The minimum absolute atomic E-state index is 0.0280. The first kappa shape index (κ1) is 70.0. The van der Waals surface area contributed by atoms with Crippen molar-refractivity contribution in [1.82, 2.24) is 0 Å². The lowest BCUT2D eigenvalue weighted by Crippen LogP contribution is -2.28. The predicted octanol–water partition coefficient (Wildman–Crippen LogP) is 25.8. The fourth-order valence-corrected chi connectivity index (χ4v) is 17.5. The van der Waals surface area contributed by atoms with E-state index in [1.807, 2.05) is 23.9 Å². The lowest BCUT2D eigenvalue weighted by molar-refractivity contribution is 0.172. The van der Waals surface area contributed by atoms with E-state index in [4.69, 9.17) is 18.9 Å². The molecule has 0 spiro atoms. The minimum atomic E-state index is -0.683. The van der Waals surface area contributed by atoms with Gasteiger partial charge in [-0.15, -0.1) is 6.58 Å². The van der Waals surface area contributed by atoms with Crippen LogP contribution in [0.4, 0.5) is 34.1 Å². The number of benzene rings is 13. The van der Waals surface area contributed by atoms with Gasteiger partial charge in [0.05, 0.1) is 24.0 Å². The van der Waals surface area contributed by atoms with Gasteiger partial charge in [0.25, 0.3) is 0 Å². The van der Waals surface area contributed by atoms with Gasteiger partial charge in [-0.05, 0) is 223 Å². The second kappa shape index (κ2) is 31.0. The summed E-state index contributed by atoms with van der Waals surface area (Å²) in [7, 11) is 3.46. The van der Waals surface area contributed by atoms with E-state index >= 15 is 0 Å². The number of hydrogen-bond acceptors (Lipinski definition) is 8. The Kier molecular flexibility index (Phi) is 20.3. The van der Waals surface area contributed by atoms with Gasteiger partial charge in [-0.25, -0.2) is 0 Å². The zero-order valence-corrected chi connectivity index (χ0v) is 62.2. The molecule has 0 aliphatic heterocycles. The maximum Gasteiger partial charge on any atom is 0.119 e. The third-order valence-electron chi connectivity index (χ3n) is 21.3. The third-order valence-corrected chi connectivity index (χ3v) is 23.3. The van der Waals surface area contributed by atoms with Gasteiger partial charge in [0, 0.05) is 99.4 Å². The normalized spacial score (nSPS) is 16.5. The highest BCUT2D eigenvalue weighted by molar-refractivity contribution is 8.03. The van der Waals surface area contributed by atoms with E-state index < -0.39 is 10.8 Å². The summed E-state index contributed by atoms with van der Waals surface area (Å²) in [6, 6.07) is 116. The zero-order valence-electron chi connectivity index (χ0n) is 60.6. The highest BCUT2D eigenvalue weighted by atomic mass is 32.2. The molecule has 6 nitrogen and oxygen atoms in total. The predicted molar refractivity (Wildman–Crippen MR) is 446 cm³/mol. The van der Waals surface area contributed by atoms with Crippen LogP contribution in [0.1, 0.15) is 76.3 Å². The lowest BCUT2D eigenvalue weighted by atomic mass is 9.67. The van der Waals surface area contributed by atoms with Crippen LogP contribution in [0.2, 0.25) is 0 Å². The molecule has 0 radical (unpaired) electrons. The summed E-state index contributed by atoms with van der Waals surface area (Å²) in [4.78, 5) is 9.57. The van der Waals surface area contributed by atoms with Crippen molar-refractivity contribution in [2.45, 2.75) is 51.7 Å². The van der Waals surface area contributed by atoms with E-state index in [1.54, 1.807) is 26.0 Å². The van der Waals surface area contributed by atoms with E-state index in [-0.39, 0.29) is 5.41 Å². The molecule has 3 aliphatic rings. The van der Waals surface area contributed by atoms with Crippen LogP contribution < -0.4 is 19.3 Å². The first-order valence-electron chi connectivity index (χ1n) is 36.8. The van der Waals surface area contributed by atoms with Gasteiger partial charge < -0.3 is 28.7 Å². The summed E-state index contributed by atoms with van der Waals surface area (Å²) in [6.45, 7) is 12.8. The van der Waals surface area contributed by atoms with E-state index in [0.29, 0.717) is 26.4 Å². The topological polar surface area (TPSA) is 43.4 Å².